The number of rotatable bonds is 5. The Hall–Kier alpha value is -3.03. The second-order valence-electron chi connectivity index (χ2n) is 6.83. The monoisotopic (exact) mass is 442 g/mol. The van der Waals surface area contributed by atoms with Crippen molar-refractivity contribution in [3.63, 3.8) is 0 Å². The Morgan fingerprint density at radius 1 is 1.00 bits per heavy atom. The van der Waals surface area contributed by atoms with Gasteiger partial charge in [-0.1, -0.05) is 35.3 Å². The summed E-state index contributed by atoms with van der Waals surface area (Å²) in [6.45, 7) is 0. The minimum Gasteiger partial charge on any atom is -0.481 e. The highest BCUT2D eigenvalue weighted by atomic mass is 35.5. The second kappa shape index (κ2) is 8.38. The maximum Gasteiger partial charge on any atom is 0.303 e. The van der Waals surface area contributed by atoms with Gasteiger partial charge in [0, 0.05) is 25.2 Å². The van der Waals surface area contributed by atoms with Crippen LogP contribution in [0.3, 0.4) is 0 Å². The van der Waals surface area contributed by atoms with Crippen LogP contribution in [-0.4, -0.2) is 37.7 Å². The van der Waals surface area contributed by atoms with Gasteiger partial charge in [0.1, 0.15) is 0 Å². The summed E-state index contributed by atoms with van der Waals surface area (Å²) in [5, 5.41) is 15.6. The molecule has 7 nitrogen and oxygen atoms in total. The second-order valence-corrected chi connectivity index (χ2v) is 7.65. The number of carboxylic acids is 1. The number of carbonyl (C=O) groups is 2. The number of carboxylic acid groups (broad SMARTS) is 1. The topological polar surface area (TPSA) is 95.8 Å². The van der Waals surface area contributed by atoms with E-state index in [2.05, 4.69) is 15.1 Å². The molecule has 0 aliphatic carbocycles. The number of aromatic nitrogens is 2. The Morgan fingerprint density at radius 3 is 2.50 bits per heavy atom. The van der Waals surface area contributed by atoms with Gasteiger partial charge >= 0.3 is 5.97 Å². The van der Waals surface area contributed by atoms with Crippen LogP contribution in [0.15, 0.2) is 53.9 Å². The summed E-state index contributed by atoms with van der Waals surface area (Å²) in [7, 11) is 0. The number of fused-ring (bicyclic) bond motifs is 1. The molecule has 3 aromatic rings. The van der Waals surface area contributed by atoms with Gasteiger partial charge in [-0.25, -0.2) is 5.01 Å². The van der Waals surface area contributed by atoms with Crippen molar-refractivity contribution in [2.45, 2.75) is 25.3 Å². The Labute approximate surface area is 182 Å². The maximum absolute atomic E-state index is 12.8. The van der Waals surface area contributed by atoms with Crippen molar-refractivity contribution in [1.29, 1.82) is 0 Å². The van der Waals surface area contributed by atoms with Gasteiger partial charge in [-0.05, 0) is 35.4 Å². The minimum absolute atomic E-state index is 0.141. The molecule has 0 radical (unpaired) electrons. The molecule has 2 heterocycles. The van der Waals surface area contributed by atoms with Crippen LogP contribution in [0.5, 0.6) is 0 Å². The summed E-state index contributed by atoms with van der Waals surface area (Å²) in [4.78, 5) is 32.3. The van der Waals surface area contributed by atoms with Gasteiger partial charge in [0.2, 0.25) is 5.91 Å². The molecule has 1 aliphatic heterocycles. The van der Waals surface area contributed by atoms with Crippen molar-refractivity contribution in [3.8, 4) is 0 Å². The number of amides is 1. The van der Waals surface area contributed by atoms with Gasteiger partial charge in [0.25, 0.3) is 0 Å². The third-order valence-electron chi connectivity index (χ3n) is 4.85. The van der Waals surface area contributed by atoms with E-state index in [1.165, 1.54) is 5.01 Å². The predicted octanol–water partition coefficient (Wildman–Crippen LogP) is 4.48. The zero-order valence-electron chi connectivity index (χ0n) is 15.6. The van der Waals surface area contributed by atoms with Gasteiger partial charge in [0.15, 0.2) is 0 Å². The maximum atomic E-state index is 12.8. The van der Waals surface area contributed by atoms with E-state index in [0.717, 1.165) is 16.6 Å². The molecule has 0 fully saturated rings. The van der Waals surface area contributed by atoms with Crippen LogP contribution in [0.25, 0.3) is 11.0 Å². The Bertz CT molecular complexity index is 1180. The number of halogens is 2. The van der Waals surface area contributed by atoms with Crippen molar-refractivity contribution in [2.24, 2.45) is 5.10 Å². The lowest BCUT2D eigenvalue weighted by Gasteiger charge is -2.22. The van der Waals surface area contributed by atoms with Crippen LogP contribution in [0.2, 0.25) is 10.0 Å². The normalized spacial score (nSPS) is 16.0. The third kappa shape index (κ3) is 4.13. The summed E-state index contributed by atoms with van der Waals surface area (Å²) in [5.41, 5.74) is 3.71. The van der Waals surface area contributed by atoms with E-state index in [-0.39, 0.29) is 24.8 Å². The minimum atomic E-state index is -1.03. The molecule has 9 heteroatoms. The molecule has 30 heavy (non-hydrogen) atoms. The average Bonchev–Trinajstić information content (AvgIpc) is 3.19. The van der Waals surface area contributed by atoms with Crippen molar-refractivity contribution in [3.05, 3.63) is 70.0 Å². The molecule has 2 aromatic carbocycles. The molecule has 1 N–H and O–H groups in total. The molecule has 1 amide bonds. The molecule has 0 bridgehead atoms. The van der Waals surface area contributed by atoms with E-state index in [0.29, 0.717) is 27.7 Å². The van der Waals surface area contributed by atoms with Gasteiger partial charge in [0.05, 0.1) is 39.3 Å². The lowest BCUT2D eigenvalue weighted by Crippen LogP contribution is -2.27. The van der Waals surface area contributed by atoms with Gasteiger partial charge < -0.3 is 5.11 Å². The first kappa shape index (κ1) is 20.3. The fourth-order valence-corrected chi connectivity index (χ4v) is 3.66. The fraction of sp³-hybridized carbons (Fsp3) is 0.190. The van der Waals surface area contributed by atoms with Crippen LogP contribution < -0.4 is 0 Å². The zero-order valence-corrected chi connectivity index (χ0v) is 17.1. The van der Waals surface area contributed by atoms with Gasteiger partial charge in [-0.3, -0.25) is 19.6 Å². The number of aliphatic carboxylic acids is 1. The van der Waals surface area contributed by atoms with Crippen molar-refractivity contribution >= 4 is 51.8 Å². The molecule has 152 valence electrons. The fourth-order valence-electron chi connectivity index (χ4n) is 3.37. The van der Waals surface area contributed by atoms with Crippen LogP contribution in [0.4, 0.5) is 0 Å². The zero-order chi connectivity index (χ0) is 21.3. The number of hydrazone groups is 1. The van der Waals surface area contributed by atoms with Gasteiger partial charge in [-0.15, -0.1) is 0 Å². The summed E-state index contributed by atoms with van der Waals surface area (Å²) >= 11 is 12.2. The van der Waals surface area contributed by atoms with Crippen LogP contribution >= 0.6 is 23.2 Å². The van der Waals surface area contributed by atoms with E-state index in [9.17, 15) is 9.59 Å². The molecule has 0 spiro atoms. The number of nitrogens with zero attached hydrogens (tertiary/aromatic N) is 4. The molecule has 1 aromatic heterocycles. The van der Waals surface area contributed by atoms with E-state index in [1.54, 1.807) is 30.6 Å². The standard InChI is InChI=1S/C21H16Cl2N4O3/c22-14-3-1-12(9-15(14)23)17-11-19(27(26-17)20(28)5-6-21(29)30)13-2-4-16-18(10-13)25-8-7-24-16/h1-4,7-10,19H,5-6,11H2,(H,29,30). The highest BCUT2D eigenvalue weighted by Crippen LogP contribution is 2.35. The lowest BCUT2D eigenvalue weighted by atomic mass is 9.97. The summed E-state index contributed by atoms with van der Waals surface area (Å²) in [5.74, 6) is -1.40. The quantitative estimate of drug-likeness (QED) is 0.628. The Balaban J connectivity index is 1.70. The van der Waals surface area contributed by atoms with Crippen molar-refractivity contribution in [2.75, 3.05) is 0 Å². The molecular formula is C21H16Cl2N4O3. The molecule has 0 saturated heterocycles. The largest absolute Gasteiger partial charge is 0.481 e. The first-order valence-electron chi connectivity index (χ1n) is 9.20. The number of benzene rings is 2. The third-order valence-corrected chi connectivity index (χ3v) is 5.59. The highest BCUT2D eigenvalue weighted by molar-refractivity contribution is 6.42. The van der Waals surface area contributed by atoms with E-state index < -0.39 is 5.97 Å². The molecule has 1 unspecified atom stereocenters. The SMILES string of the molecule is O=C(O)CCC(=O)N1N=C(c2ccc(Cl)c(Cl)c2)CC1c1ccc2nccnc2c1. The molecular weight excluding hydrogens is 427 g/mol. The van der Waals surface area contributed by atoms with E-state index >= 15 is 0 Å². The Morgan fingerprint density at radius 2 is 1.77 bits per heavy atom. The molecule has 4 rings (SSSR count). The first-order valence-corrected chi connectivity index (χ1v) is 9.95. The predicted molar refractivity (Wildman–Crippen MR) is 114 cm³/mol. The number of hydrogen-bond donors (Lipinski definition) is 1. The highest BCUT2D eigenvalue weighted by Gasteiger charge is 2.33. The number of carbonyl (C=O) groups excluding carboxylic acids is 1. The first-order chi connectivity index (χ1) is 14.4. The lowest BCUT2D eigenvalue weighted by molar-refractivity contribution is -0.141. The molecule has 0 saturated carbocycles. The van der Waals surface area contributed by atoms with Gasteiger partial charge in [-0.2, -0.15) is 5.10 Å². The number of hydrogen-bond acceptors (Lipinski definition) is 5. The summed E-state index contributed by atoms with van der Waals surface area (Å²) < 4.78 is 0. The summed E-state index contributed by atoms with van der Waals surface area (Å²) in [6, 6.07) is 10.4. The smallest absolute Gasteiger partial charge is 0.303 e. The van der Waals surface area contributed by atoms with Crippen LogP contribution in [0.1, 0.15) is 36.4 Å². The van der Waals surface area contributed by atoms with E-state index in [4.69, 9.17) is 28.3 Å². The average molecular weight is 443 g/mol. The van der Waals surface area contributed by atoms with E-state index in [1.807, 2.05) is 18.2 Å². The molecule has 1 atom stereocenters. The Kier molecular flexibility index (Phi) is 5.65. The van der Waals surface area contributed by atoms with Crippen LogP contribution in [0, 0.1) is 0 Å². The van der Waals surface area contributed by atoms with Crippen molar-refractivity contribution in [1.82, 2.24) is 15.0 Å². The van der Waals surface area contributed by atoms with Crippen LogP contribution in [-0.2, 0) is 9.59 Å². The molecule has 1 aliphatic rings. The summed E-state index contributed by atoms with van der Waals surface area (Å²) in [6.07, 6.45) is 3.27. The van der Waals surface area contributed by atoms with Crippen molar-refractivity contribution < 1.29 is 14.7 Å².